The van der Waals surface area contributed by atoms with Gasteiger partial charge in [-0.25, -0.2) is 9.59 Å². The van der Waals surface area contributed by atoms with Gasteiger partial charge in [0.2, 0.25) is 0 Å². The average Bonchev–Trinajstić information content (AvgIpc) is 2.77. The second-order valence-corrected chi connectivity index (χ2v) is 5.66. The molecule has 0 aliphatic heterocycles. The topological polar surface area (TPSA) is 75.1 Å². The molecule has 3 aromatic rings. The number of carbonyl (C=O) groups is 1. The SMILES string of the molecule is O=C(O)c1cccc2[nH]c(=O)n(-c3cc(Cl)ccc3Br)c12. The lowest BCUT2D eigenvalue weighted by Crippen LogP contribution is -2.16. The van der Waals surface area contributed by atoms with Crippen LogP contribution in [-0.4, -0.2) is 20.6 Å². The minimum Gasteiger partial charge on any atom is -0.478 e. The molecule has 3 rings (SSSR count). The summed E-state index contributed by atoms with van der Waals surface area (Å²) in [4.78, 5) is 26.3. The number of para-hydroxylation sites is 1. The molecule has 5 nitrogen and oxygen atoms in total. The molecule has 0 amide bonds. The van der Waals surface area contributed by atoms with Crippen molar-refractivity contribution in [3.63, 3.8) is 0 Å². The van der Waals surface area contributed by atoms with Crippen molar-refractivity contribution in [3.05, 3.63) is 61.9 Å². The Labute approximate surface area is 131 Å². The fourth-order valence-corrected chi connectivity index (χ4v) is 2.81. The Kier molecular flexibility index (Phi) is 3.35. The third-order valence-electron chi connectivity index (χ3n) is 3.08. The van der Waals surface area contributed by atoms with Crippen LogP contribution in [0.2, 0.25) is 5.02 Å². The molecule has 21 heavy (non-hydrogen) atoms. The third-order valence-corrected chi connectivity index (χ3v) is 3.99. The summed E-state index contributed by atoms with van der Waals surface area (Å²) in [6.07, 6.45) is 0. The number of H-pyrrole nitrogens is 1. The molecule has 2 aromatic carbocycles. The van der Waals surface area contributed by atoms with E-state index in [-0.39, 0.29) is 5.56 Å². The first-order valence-corrected chi connectivity index (χ1v) is 7.08. The minimum absolute atomic E-state index is 0.0396. The smallest absolute Gasteiger partial charge is 0.337 e. The summed E-state index contributed by atoms with van der Waals surface area (Å²) in [6.45, 7) is 0. The number of carboxylic acid groups (broad SMARTS) is 1. The van der Waals surface area contributed by atoms with E-state index in [0.29, 0.717) is 26.2 Å². The fraction of sp³-hybridized carbons (Fsp3) is 0. The number of fused-ring (bicyclic) bond motifs is 1. The number of carboxylic acids is 1. The predicted molar refractivity (Wildman–Crippen MR) is 83.6 cm³/mol. The Bertz CT molecular complexity index is 930. The molecule has 106 valence electrons. The number of hydrogen-bond donors (Lipinski definition) is 2. The van der Waals surface area contributed by atoms with Crippen molar-refractivity contribution in [2.24, 2.45) is 0 Å². The molecule has 1 heterocycles. The maximum Gasteiger partial charge on any atom is 0.337 e. The van der Waals surface area contributed by atoms with Crippen molar-refractivity contribution >= 4 is 44.5 Å². The quantitative estimate of drug-likeness (QED) is 0.728. The number of hydrogen-bond acceptors (Lipinski definition) is 2. The van der Waals surface area contributed by atoms with Gasteiger partial charge >= 0.3 is 11.7 Å². The van der Waals surface area contributed by atoms with E-state index in [1.807, 2.05) is 0 Å². The number of rotatable bonds is 2. The number of nitrogens with one attached hydrogen (secondary N) is 1. The fourth-order valence-electron chi connectivity index (χ4n) is 2.22. The molecule has 1 aromatic heterocycles. The van der Waals surface area contributed by atoms with Crippen LogP contribution in [0.15, 0.2) is 45.7 Å². The average molecular weight is 368 g/mol. The summed E-state index contributed by atoms with van der Waals surface area (Å²) in [5.41, 5.74) is 0.844. The number of aromatic amines is 1. The highest BCUT2D eigenvalue weighted by molar-refractivity contribution is 9.10. The zero-order valence-electron chi connectivity index (χ0n) is 10.4. The lowest BCUT2D eigenvalue weighted by molar-refractivity contribution is 0.0698. The van der Waals surface area contributed by atoms with Gasteiger partial charge in [-0.1, -0.05) is 17.7 Å². The first-order chi connectivity index (χ1) is 9.99. The first-order valence-electron chi connectivity index (χ1n) is 5.91. The van der Waals surface area contributed by atoms with E-state index in [1.54, 1.807) is 30.3 Å². The highest BCUT2D eigenvalue weighted by atomic mass is 79.9. The van der Waals surface area contributed by atoms with Crippen LogP contribution < -0.4 is 5.69 Å². The Balaban J connectivity index is 2.48. The molecule has 0 bridgehead atoms. The zero-order valence-corrected chi connectivity index (χ0v) is 12.8. The highest BCUT2D eigenvalue weighted by Gasteiger charge is 2.18. The molecular formula is C14H8BrClN2O3. The molecule has 0 fully saturated rings. The summed E-state index contributed by atoms with van der Waals surface area (Å²) in [5.74, 6) is -1.11. The number of halogens is 2. The molecule has 0 atom stereocenters. The standard InChI is InChI=1S/C14H8BrClN2O3/c15-9-5-4-7(16)6-11(9)18-12-8(13(19)20)2-1-3-10(12)17-14(18)21/h1-6H,(H,17,21)(H,19,20). The molecular weight excluding hydrogens is 360 g/mol. The lowest BCUT2D eigenvalue weighted by Gasteiger charge is -2.08. The maximum atomic E-state index is 12.2. The second-order valence-electron chi connectivity index (χ2n) is 4.37. The molecule has 0 unspecified atom stereocenters. The number of imidazole rings is 1. The molecule has 0 aliphatic rings. The highest BCUT2D eigenvalue weighted by Crippen LogP contribution is 2.27. The van der Waals surface area contributed by atoms with E-state index in [2.05, 4.69) is 20.9 Å². The molecule has 0 saturated heterocycles. The van der Waals surface area contributed by atoms with Crippen molar-refractivity contribution in [2.75, 3.05) is 0 Å². The molecule has 0 radical (unpaired) electrons. The van der Waals surface area contributed by atoms with Crippen LogP contribution in [0.25, 0.3) is 16.7 Å². The number of benzene rings is 2. The van der Waals surface area contributed by atoms with E-state index in [9.17, 15) is 14.7 Å². The van der Waals surface area contributed by atoms with Crippen LogP contribution in [0.1, 0.15) is 10.4 Å². The van der Waals surface area contributed by atoms with Gasteiger partial charge in [-0.05, 0) is 46.3 Å². The van der Waals surface area contributed by atoms with Crippen LogP contribution in [0.3, 0.4) is 0 Å². The maximum absolute atomic E-state index is 12.2. The number of aromatic carboxylic acids is 1. The van der Waals surface area contributed by atoms with Crippen LogP contribution in [0, 0.1) is 0 Å². The van der Waals surface area contributed by atoms with Gasteiger partial charge in [0.15, 0.2) is 0 Å². The van der Waals surface area contributed by atoms with Crippen LogP contribution in [0.5, 0.6) is 0 Å². The summed E-state index contributed by atoms with van der Waals surface area (Å²) < 4.78 is 1.93. The van der Waals surface area contributed by atoms with Crippen molar-refractivity contribution in [1.29, 1.82) is 0 Å². The molecule has 7 heteroatoms. The summed E-state index contributed by atoms with van der Waals surface area (Å²) in [7, 11) is 0. The van der Waals surface area contributed by atoms with Crippen LogP contribution in [0.4, 0.5) is 0 Å². The van der Waals surface area contributed by atoms with Crippen molar-refractivity contribution in [3.8, 4) is 5.69 Å². The Morgan fingerprint density at radius 2 is 2.05 bits per heavy atom. The van der Waals surface area contributed by atoms with Gasteiger partial charge in [0.1, 0.15) is 0 Å². The van der Waals surface area contributed by atoms with Crippen LogP contribution >= 0.6 is 27.5 Å². The van der Waals surface area contributed by atoms with Gasteiger partial charge in [0, 0.05) is 9.50 Å². The number of nitrogens with zero attached hydrogens (tertiary/aromatic N) is 1. The van der Waals surface area contributed by atoms with Gasteiger partial charge in [-0.2, -0.15) is 0 Å². The molecule has 0 saturated carbocycles. The monoisotopic (exact) mass is 366 g/mol. The van der Waals surface area contributed by atoms with Crippen LogP contribution in [-0.2, 0) is 0 Å². The molecule has 0 spiro atoms. The zero-order chi connectivity index (χ0) is 15.1. The van der Waals surface area contributed by atoms with E-state index in [0.717, 1.165) is 0 Å². The van der Waals surface area contributed by atoms with E-state index in [1.165, 1.54) is 10.6 Å². The minimum atomic E-state index is -1.11. The predicted octanol–water partition coefficient (Wildman–Crippen LogP) is 3.43. The van der Waals surface area contributed by atoms with Gasteiger partial charge in [-0.3, -0.25) is 4.57 Å². The third kappa shape index (κ3) is 2.26. The van der Waals surface area contributed by atoms with Crippen molar-refractivity contribution in [1.82, 2.24) is 9.55 Å². The Hall–Kier alpha value is -2.05. The number of aromatic nitrogens is 2. The molecule has 0 aliphatic carbocycles. The van der Waals surface area contributed by atoms with Gasteiger partial charge in [0.25, 0.3) is 0 Å². The Morgan fingerprint density at radius 3 is 2.76 bits per heavy atom. The van der Waals surface area contributed by atoms with E-state index < -0.39 is 11.7 Å². The van der Waals surface area contributed by atoms with Crippen molar-refractivity contribution < 1.29 is 9.90 Å². The summed E-state index contributed by atoms with van der Waals surface area (Å²) in [5, 5.41) is 9.77. The van der Waals surface area contributed by atoms with E-state index >= 15 is 0 Å². The summed E-state index contributed by atoms with van der Waals surface area (Å²) in [6, 6.07) is 9.66. The van der Waals surface area contributed by atoms with Gasteiger partial charge in [-0.15, -0.1) is 0 Å². The normalized spacial score (nSPS) is 11.0. The lowest BCUT2D eigenvalue weighted by atomic mass is 10.2. The van der Waals surface area contributed by atoms with Crippen molar-refractivity contribution in [2.45, 2.75) is 0 Å². The van der Waals surface area contributed by atoms with Gasteiger partial charge < -0.3 is 10.1 Å². The largest absolute Gasteiger partial charge is 0.478 e. The van der Waals surface area contributed by atoms with Gasteiger partial charge in [0.05, 0.1) is 22.3 Å². The van der Waals surface area contributed by atoms with E-state index in [4.69, 9.17) is 11.6 Å². The Morgan fingerprint density at radius 1 is 1.29 bits per heavy atom. The first kappa shape index (κ1) is 13.9. The molecule has 2 N–H and O–H groups in total. The second kappa shape index (κ2) is 5.05. The summed E-state index contributed by atoms with van der Waals surface area (Å²) >= 11 is 9.33.